The number of aryl methyl sites for hydroxylation is 3. The summed E-state index contributed by atoms with van der Waals surface area (Å²) in [5.74, 6) is 0.739. The summed E-state index contributed by atoms with van der Waals surface area (Å²) in [6.07, 6.45) is 2.19. The zero-order chi connectivity index (χ0) is 20.3. The number of ketones is 1. The molecule has 28 heavy (non-hydrogen) atoms. The Morgan fingerprint density at radius 1 is 1.21 bits per heavy atom. The molecule has 1 saturated heterocycles. The summed E-state index contributed by atoms with van der Waals surface area (Å²) in [5, 5.41) is 0. The van der Waals surface area contributed by atoms with Crippen LogP contribution in [0.4, 0.5) is 4.79 Å². The highest BCUT2D eigenvalue weighted by atomic mass is 16.7. The molecule has 1 aliphatic heterocycles. The molecule has 3 rings (SSSR count). The minimum absolute atomic E-state index is 0.0697. The normalized spacial score (nSPS) is 22.1. The highest BCUT2D eigenvalue weighted by Gasteiger charge is 2.39. The monoisotopic (exact) mass is 386 g/mol. The van der Waals surface area contributed by atoms with Gasteiger partial charge in [-0.05, 0) is 62.6 Å². The summed E-state index contributed by atoms with van der Waals surface area (Å²) >= 11 is 0. The second kappa shape index (κ2) is 8.91. The van der Waals surface area contributed by atoms with Crippen molar-refractivity contribution in [3.8, 4) is 0 Å². The van der Waals surface area contributed by atoms with Crippen LogP contribution >= 0.6 is 0 Å². The van der Waals surface area contributed by atoms with Crippen LogP contribution in [0.2, 0.25) is 0 Å². The molecule has 1 heterocycles. The van der Waals surface area contributed by atoms with E-state index in [1.54, 1.807) is 0 Å². The number of carbonyl (C=O) groups is 2. The van der Waals surface area contributed by atoms with Gasteiger partial charge in [0.25, 0.3) is 0 Å². The molecule has 1 fully saturated rings. The Morgan fingerprint density at radius 3 is 2.54 bits per heavy atom. The van der Waals surface area contributed by atoms with Gasteiger partial charge < -0.3 is 14.2 Å². The number of hydrogen-bond donors (Lipinski definition) is 0. The maximum Gasteiger partial charge on any atom is 0.513 e. The van der Waals surface area contributed by atoms with Crippen LogP contribution in [0.5, 0.6) is 0 Å². The highest BCUT2D eigenvalue weighted by Crippen LogP contribution is 2.41. The standard InChI is InChI=1S/C23H30O5/c1-5-7-27-23(25)28-19-12-18(11-17-6-8-26-13-17)22(24)21(19)20-15(3)9-14(2)10-16(20)4/h9-10,17-18H,5-8,11-13H2,1-4H3. The molecule has 0 saturated carbocycles. The Labute approximate surface area is 167 Å². The quantitative estimate of drug-likeness (QED) is 0.651. The van der Waals surface area contributed by atoms with Gasteiger partial charge in [0.1, 0.15) is 5.76 Å². The van der Waals surface area contributed by atoms with E-state index in [0.29, 0.717) is 36.9 Å². The SMILES string of the molecule is CCCOC(=O)OC1=C(c2c(C)cc(C)cc2C)C(=O)C(CC2CCOC2)C1. The molecule has 2 atom stereocenters. The van der Waals surface area contributed by atoms with Gasteiger partial charge in [-0.1, -0.05) is 24.6 Å². The summed E-state index contributed by atoms with van der Waals surface area (Å²) in [5.41, 5.74) is 4.63. The molecule has 5 nitrogen and oxygen atoms in total. The number of rotatable bonds is 6. The smallest absolute Gasteiger partial charge is 0.434 e. The van der Waals surface area contributed by atoms with E-state index in [0.717, 1.165) is 48.1 Å². The van der Waals surface area contributed by atoms with E-state index in [-0.39, 0.29) is 11.7 Å². The summed E-state index contributed by atoms with van der Waals surface area (Å²) in [7, 11) is 0. The third-order valence-electron chi connectivity index (χ3n) is 5.53. The molecular weight excluding hydrogens is 356 g/mol. The maximum atomic E-state index is 13.4. The summed E-state index contributed by atoms with van der Waals surface area (Å²) in [4.78, 5) is 25.5. The minimum atomic E-state index is -0.727. The van der Waals surface area contributed by atoms with Gasteiger partial charge >= 0.3 is 6.16 Å². The summed E-state index contributed by atoms with van der Waals surface area (Å²) in [6.45, 7) is 9.74. The van der Waals surface area contributed by atoms with Gasteiger partial charge in [-0.3, -0.25) is 4.79 Å². The van der Waals surface area contributed by atoms with Gasteiger partial charge in [0.05, 0.1) is 12.2 Å². The molecular formula is C23H30O5. The van der Waals surface area contributed by atoms with Crippen LogP contribution in [-0.4, -0.2) is 31.8 Å². The van der Waals surface area contributed by atoms with Crippen molar-refractivity contribution in [3.05, 3.63) is 40.1 Å². The molecule has 0 N–H and O–H groups in total. The third-order valence-corrected chi connectivity index (χ3v) is 5.53. The Balaban J connectivity index is 1.92. The lowest BCUT2D eigenvalue weighted by atomic mass is 9.87. The van der Waals surface area contributed by atoms with E-state index < -0.39 is 6.16 Å². The van der Waals surface area contributed by atoms with Crippen LogP contribution in [0.3, 0.4) is 0 Å². The molecule has 5 heteroatoms. The zero-order valence-electron chi connectivity index (χ0n) is 17.3. The lowest BCUT2D eigenvalue weighted by Crippen LogP contribution is -2.15. The van der Waals surface area contributed by atoms with E-state index in [9.17, 15) is 9.59 Å². The fraction of sp³-hybridized carbons (Fsp3) is 0.565. The lowest BCUT2D eigenvalue weighted by molar-refractivity contribution is -0.117. The van der Waals surface area contributed by atoms with Crippen molar-refractivity contribution < 1.29 is 23.8 Å². The van der Waals surface area contributed by atoms with Crippen LogP contribution in [0.15, 0.2) is 17.9 Å². The predicted octanol–water partition coefficient (Wildman–Crippen LogP) is 4.90. The van der Waals surface area contributed by atoms with Crippen LogP contribution < -0.4 is 0 Å². The van der Waals surface area contributed by atoms with Gasteiger partial charge in [0.2, 0.25) is 0 Å². The zero-order valence-corrected chi connectivity index (χ0v) is 17.3. The second-order valence-corrected chi connectivity index (χ2v) is 8.00. The van der Waals surface area contributed by atoms with E-state index in [2.05, 4.69) is 12.1 Å². The molecule has 2 unspecified atom stereocenters. The van der Waals surface area contributed by atoms with Crippen molar-refractivity contribution in [3.63, 3.8) is 0 Å². The maximum absolute atomic E-state index is 13.4. The van der Waals surface area contributed by atoms with Crippen molar-refractivity contribution in [2.45, 2.75) is 53.4 Å². The van der Waals surface area contributed by atoms with Gasteiger partial charge in [-0.15, -0.1) is 0 Å². The fourth-order valence-electron chi connectivity index (χ4n) is 4.37. The average Bonchev–Trinajstić information content (AvgIpc) is 3.23. The van der Waals surface area contributed by atoms with E-state index >= 15 is 0 Å². The third kappa shape index (κ3) is 4.46. The van der Waals surface area contributed by atoms with Crippen molar-refractivity contribution in [1.29, 1.82) is 0 Å². The van der Waals surface area contributed by atoms with Crippen molar-refractivity contribution in [1.82, 2.24) is 0 Å². The number of hydrogen-bond acceptors (Lipinski definition) is 5. The first-order chi connectivity index (χ1) is 13.4. The highest BCUT2D eigenvalue weighted by molar-refractivity contribution is 6.25. The Hall–Kier alpha value is -2.14. The molecule has 0 bridgehead atoms. The Bertz CT molecular complexity index is 763. The molecule has 1 aromatic rings. The van der Waals surface area contributed by atoms with E-state index in [1.807, 2.05) is 27.7 Å². The van der Waals surface area contributed by atoms with Crippen molar-refractivity contribution in [2.24, 2.45) is 11.8 Å². The van der Waals surface area contributed by atoms with Crippen LogP contribution in [0.25, 0.3) is 5.57 Å². The largest absolute Gasteiger partial charge is 0.513 e. The Kier molecular flexibility index (Phi) is 6.55. The first-order valence-corrected chi connectivity index (χ1v) is 10.2. The summed E-state index contributed by atoms with van der Waals surface area (Å²) < 4.78 is 16.1. The van der Waals surface area contributed by atoms with Gasteiger partial charge in [0, 0.05) is 25.6 Å². The first kappa shape index (κ1) is 20.6. The first-order valence-electron chi connectivity index (χ1n) is 10.2. The Morgan fingerprint density at radius 2 is 1.93 bits per heavy atom. The minimum Gasteiger partial charge on any atom is -0.434 e. The van der Waals surface area contributed by atoms with Crippen LogP contribution in [0.1, 0.15) is 54.9 Å². The van der Waals surface area contributed by atoms with E-state index in [1.165, 1.54) is 0 Å². The fourth-order valence-corrected chi connectivity index (χ4v) is 4.37. The molecule has 0 spiro atoms. The molecule has 1 aliphatic carbocycles. The number of allylic oxidation sites excluding steroid dienone is 2. The molecule has 2 aliphatic rings. The van der Waals surface area contributed by atoms with Crippen LogP contribution in [0, 0.1) is 32.6 Å². The van der Waals surface area contributed by atoms with Gasteiger partial charge in [0.15, 0.2) is 5.78 Å². The molecule has 0 amide bonds. The number of Topliss-reactive ketones (excluding diaryl/α,β-unsaturated/α-hetero) is 1. The summed E-state index contributed by atoms with van der Waals surface area (Å²) in [6, 6.07) is 4.13. The second-order valence-electron chi connectivity index (χ2n) is 8.00. The lowest BCUT2D eigenvalue weighted by Gasteiger charge is -2.15. The number of benzene rings is 1. The van der Waals surface area contributed by atoms with Gasteiger partial charge in [-0.25, -0.2) is 4.79 Å². The van der Waals surface area contributed by atoms with Crippen LogP contribution in [-0.2, 0) is 19.0 Å². The number of carbonyl (C=O) groups excluding carboxylic acids is 2. The molecule has 0 radical (unpaired) electrons. The average molecular weight is 386 g/mol. The molecule has 152 valence electrons. The van der Waals surface area contributed by atoms with Gasteiger partial charge in [-0.2, -0.15) is 0 Å². The topological polar surface area (TPSA) is 61.8 Å². The number of ether oxygens (including phenoxy) is 3. The molecule has 0 aromatic heterocycles. The molecule has 1 aromatic carbocycles. The van der Waals surface area contributed by atoms with E-state index in [4.69, 9.17) is 14.2 Å². The van der Waals surface area contributed by atoms with Crippen molar-refractivity contribution >= 4 is 17.5 Å². The predicted molar refractivity (Wildman–Crippen MR) is 107 cm³/mol. The van der Waals surface area contributed by atoms with Crippen molar-refractivity contribution in [2.75, 3.05) is 19.8 Å².